The zero-order chi connectivity index (χ0) is 24.3. The van der Waals surface area contributed by atoms with Crippen LogP contribution < -0.4 is 0 Å². The molecule has 1 aliphatic heterocycles. The first kappa shape index (κ1) is 25.0. The molecule has 0 spiro atoms. The molecule has 7 nitrogen and oxygen atoms in total. The summed E-state index contributed by atoms with van der Waals surface area (Å²) >= 11 is 0. The number of nitrogens with zero attached hydrogens (tertiary/aromatic N) is 3. The van der Waals surface area contributed by atoms with E-state index in [0.29, 0.717) is 19.0 Å². The normalized spacial score (nSPS) is 16.3. The fourth-order valence-corrected chi connectivity index (χ4v) is 4.29. The van der Waals surface area contributed by atoms with Crippen molar-refractivity contribution in [3.05, 3.63) is 36.0 Å². The molecule has 0 saturated carbocycles. The maximum atomic E-state index is 13.0. The summed E-state index contributed by atoms with van der Waals surface area (Å²) in [5, 5.41) is 9.10. The Labute approximate surface area is 197 Å². The topological polar surface area (TPSA) is 78.6 Å². The molecule has 0 bridgehead atoms. The molecule has 2 aromatic rings. The molecule has 2 heterocycles. The average Bonchev–Trinajstić information content (AvgIpc) is 3.13. The predicted molar refractivity (Wildman–Crippen MR) is 132 cm³/mol. The van der Waals surface area contributed by atoms with Crippen molar-refractivity contribution >= 4 is 28.5 Å². The van der Waals surface area contributed by atoms with Crippen LogP contribution in [0.5, 0.6) is 0 Å². The fraction of sp³-hybridized carbons (Fsp3) is 0.577. The molecule has 3 rings (SSSR count). The number of aromatic nitrogens is 1. The Morgan fingerprint density at radius 1 is 1.06 bits per heavy atom. The first-order chi connectivity index (χ1) is 15.4. The van der Waals surface area contributed by atoms with Gasteiger partial charge in [0.05, 0.1) is 0 Å². The molecule has 1 fully saturated rings. The quantitative estimate of drug-likeness (QED) is 0.502. The summed E-state index contributed by atoms with van der Waals surface area (Å²) in [5.41, 5.74) is 1.17. The van der Waals surface area contributed by atoms with Gasteiger partial charge >= 0.3 is 5.97 Å². The molecular weight excluding hydrogens is 416 g/mol. The molecule has 7 heteroatoms. The molecule has 1 aromatic carbocycles. The van der Waals surface area contributed by atoms with Gasteiger partial charge in [-0.25, -0.2) is 4.79 Å². The van der Waals surface area contributed by atoms with Crippen LogP contribution in [0.1, 0.15) is 58.3 Å². The minimum atomic E-state index is -0.597. The van der Waals surface area contributed by atoms with Gasteiger partial charge in [0.15, 0.2) is 0 Å². The summed E-state index contributed by atoms with van der Waals surface area (Å²) in [7, 11) is 0. The molecule has 0 radical (unpaired) electrons. The summed E-state index contributed by atoms with van der Waals surface area (Å²) in [6.45, 7) is 15.9. The number of carbonyl (C=O) groups excluding carboxylic acids is 2. The first-order valence-electron chi connectivity index (χ1n) is 11.9. The molecule has 1 N–H and O–H groups in total. The van der Waals surface area contributed by atoms with Crippen LogP contribution in [0.4, 0.5) is 0 Å². The van der Waals surface area contributed by atoms with E-state index in [9.17, 15) is 9.59 Å². The third kappa shape index (κ3) is 6.44. The van der Waals surface area contributed by atoms with Crippen LogP contribution in [0.2, 0.25) is 0 Å². The van der Waals surface area contributed by atoms with Crippen molar-refractivity contribution in [1.29, 1.82) is 5.41 Å². The van der Waals surface area contributed by atoms with Crippen LogP contribution in [0.25, 0.3) is 10.9 Å². The molecule has 1 saturated heterocycles. The van der Waals surface area contributed by atoms with Crippen molar-refractivity contribution < 1.29 is 14.3 Å². The van der Waals surface area contributed by atoms with Crippen LogP contribution >= 0.6 is 0 Å². The second kappa shape index (κ2) is 10.1. The summed E-state index contributed by atoms with van der Waals surface area (Å²) in [6.07, 6.45) is 2.36. The second-order valence-electron chi connectivity index (χ2n) is 10.5. The number of hydrogen-bond donors (Lipinski definition) is 1. The number of hydrogen-bond acceptors (Lipinski definition) is 5. The standard InChI is InChI=1S/C26H38N4O3/c1-18(2)28-11-13-29(14-12-28)24(31)21-7-8-23-20(16-21)9-10-30(23)17-19(3)15-22(27)25(32)33-26(4,5)6/h7-10,16,18-19,27H,11-15,17H2,1-6H3. The Morgan fingerprint density at radius 2 is 1.73 bits per heavy atom. The Balaban J connectivity index is 1.62. The molecule has 33 heavy (non-hydrogen) atoms. The number of esters is 1. The highest BCUT2D eigenvalue weighted by atomic mass is 16.6. The van der Waals surface area contributed by atoms with Gasteiger partial charge in [-0.15, -0.1) is 0 Å². The number of amides is 1. The van der Waals surface area contributed by atoms with Crippen molar-refractivity contribution in [3.8, 4) is 0 Å². The number of ether oxygens (including phenoxy) is 1. The maximum Gasteiger partial charge on any atom is 0.352 e. The summed E-state index contributed by atoms with van der Waals surface area (Å²) in [5.74, 6) is -0.365. The van der Waals surface area contributed by atoms with Gasteiger partial charge < -0.3 is 14.2 Å². The third-order valence-corrected chi connectivity index (χ3v) is 6.06. The molecule has 0 aliphatic carbocycles. The van der Waals surface area contributed by atoms with Gasteiger partial charge in [-0.1, -0.05) is 6.92 Å². The van der Waals surface area contributed by atoms with Gasteiger partial charge in [0.2, 0.25) is 0 Å². The maximum absolute atomic E-state index is 13.0. The van der Waals surface area contributed by atoms with Crippen LogP contribution in [0.3, 0.4) is 0 Å². The van der Waals surface area contributed by atoms with Crippen molar-refractivity contribution in [2.24, 2.45) is 5.92 Å². The highest BCUT2D eigenvalue weighted by molar-refractivity contribution is 6.35. The van der Waals surface area contributed by atoms with Crippen LogP contribution in [-0.2, 0) is 16.1 Å². The second-order valence-corrected chi connectivity index (χ2v) is 10.5. The largest absolute Gasteiger partial charge is 0.456 e. The third-order valence-electron chi connectivity index (χ3n) is 6.06. The number of carbonyl (C=O) groups is 2. The summed E-state index contributed by atoms with van der Waals surface area (Å²) < 4.78 is 7.42. The average molecular weight is 455 g/mol. The van der Waals surface area contributed by atoms with Gasteiger partial charge in [-0.3, -0.25) is 15.1 Å². The monoisotopic (exact) mass is 454 g/mol. The van der Waals surface area contributed by atoms with Gasteiger partial charge in [0.1, 0.15) is 11.3 Å². The van der Waals surface area contributed by atoms with E-state index in [0.717, 1.165) is 42.6 Å². The highest BCUT2D eigenvalue weighted by Crippen LogP contribution is 2.22. The number of benzene rings is 1. The lowest BCUT2D eigenvalue weighted by molar-refractivity contribution is -0.146. The van der Waals surface area contributed by atoms with Crippen molar-refractivity contribution in [2.75, 3.05) is 26.2 Å². The predicted octanol–water partition coefficient (Wildman–Crippen LogP) is 4.20. The van der Waals surface area contributed by atoms with E-state index in [1.54, 1.807) is 20.8 Å². The van der Waals surface area contributed by atoms with Gasteiger partial charge in [0, 0.05) is 67.8 Å². The zero-order valence-electron chi connectivity index (χ0n) is 20.9. The minimum absolute atomic E-state index is 0.000617. The van der Waals surface area contributed by atoms with E-state index in [4.69, 9.17) is 10.1 Å². The van der Waals surface area contributed by atoms with E-state index in [1.807, 2.05) is 42.3 Å². The molecule has 180 valence electrons. The SMILES string of the molecule is CC(CC(=N)C(=O)OC(C)(C)C)Cn1ccc2cc(C(=O)N3CCN(C(C)C)CC3)ccc21. The number of fused-ring (bicyclic) bond motifs is 1. The van der Waals surface area contributed by atoms with Gasteiger partial charge in [0.25, 0.3) is 5.91 Å². The van der Waals surface area contributed by atoms with E-state index in [-0.39, 0.29) is 17.5 Å². The van der Waals surface area contributed by atoms with Crippen molar-refractivity contribution in [3.63, 3.8) is 0 Å². The van der Waals surface area contributed by atoms with E-state index >= 15 is 0 Å². The molecule has 1 atom stereocenters. The minimum Gasteiger partial charge on any atom is -0.456 e. The van der Waals surface area contributed by atoms with E-state index in [2.05, 4.69) is 23.3 Å². The van der Waals surface area contributed by atoms with Crippen molar-refractivity contribution in [1.82, 2.24) is 14.4 Å². The van der Waals surface area contributed by atoms with E-state index < -0.39 is 11.6 Å². The van der Waals surface area contributed by atoms with Crippen LogP contribution in [0, 0.1) is 11.3 Å². The molecular formula is C26H38N4O3. The van der Waals surface area contributed by atoms with Crippen LogP contribution in [0.15, 0.2) is 30.5 Å². The fourth-order valence-electron chi connectivity index (χ4n) is 4.29. The number of rotatable bonds is 7. The lowest BCUT2D eigenvalue weighted by Gasteiger charge is -2.37. The Bertz CT molecular complexity index is 1010. The van der Waals surface area contributed by atoms with E-state index in [1.165, 1.54) is 0 Å². The highest BCUT2D eigenvalue weighted by Gasteiger charge is 2.24. The number of nitrogens with one attached hydrogen (secondary N) is 1. The molecule has 1 amide bonds. The number of piperazine rings is 1. The summed E-state index contributed by atoms with van der Waals surface area (Å²) in [4.78, 5) is 29.5. The van der Waals surface area contributed by atoms with Crippen molar-refractivity contribution in [2.45, 2.75) is 66.2 Å². The first-order valence-corrected chi connectivity index (χ1v) is 11.9. The lowest BCUT2D eigenvalue weighted by atomic mass is 10.0. The molecule has 1 unspecified atom stereocenters. The smallest absolute Gasteiger partial charge is 0.352 e. The van der Waals surface area contributed by atoms with Gasteiger partial charge in [-0.05, 0) is 64.8 Å². The Hall–Kier alpha value is -2.67. The Kier molecular flexibility index (Phi) is 7.62. The van der Waals surface area contributed by atoms with Gasteiger partial charge in [-0.2, -0.15) is 0 Å². The zero-order valence-corrected chi connectivity index (χ0v) is 20.9. The molecule has 1 aromatic heterocycles. The molecule has 1 aliphatic rings. The van der Waals surface area contributed by atoms with Crippen LogP contribution in [-0.4, -0.2) is 69.8 Å². The summed E-state index contributed by atoms with van der Waals surface area (Å²) in [6, 6.07) is 8.40. The lowest BCUT2D eigenvalue weighted by Crippen LogP contribution is -2.50. The Morgan fingerprint density at radius 3 is 2.33 bits per heavy atom.